The number of methoxy groups -OCH3 is 1. The van der Waals surface area contributed by atoms with Crippen molar-refractivity contribution in [1.82, 2.24) is 0 Å². The number of nitriles is 1. The van der Waals surface area contributed by atoms with E-state index in [1.807, 2.05) is 0 Å². The van der Waals surface area contributed by atoms with Gasteiger partial charge in [-0.1, -0.05) is 18.2 Å². The number of carbonyl (C=O) groups excluding carboxylic acids is 1. The quantitative estimate of drug-likeness (QED) is 0.573. The van der Waals surface area contributed by atoms with E-state index in [0.717, 1.165) is 0 Å². The lowest BCUT2D eigenvalue weighted by molar-refractivity contribution is -0.148. The molecule has 1 aromatic carbocycles. The van der Waals surface area contributed by atoms with E-state index >= 15 is 0 Å². The molecule has 0 radical (unpaired) electrons. The lowest BCUT2D eigenvalue weighted by Crippen LogP contribution is -2.36. The van der Waals surface area contributed by atoms with Gasteiger partial charge in [0.1, 0.15) is 5.75 Å². The molecule has 0 heterocycles. The lowest BCUT2D eigenvalue weighted by Gasteiger charge is -2.26. The first kappa shape index (κ1) is 16.3. The van der Waals surface area contributed by atoms with Crippen molar-refractivity contribution < 1.29 is 14.3 Å². The minimum Gasteiger partial charge on any atom is -0.496 e. The van der Waals surface area contributed by atoms with Gasteiger partial charge < -0.3 is 9.47 Å². The molecule has 0 aliphatic rings. The summed E-state index contributed by atoms with van der Waals surface area (Å²) in [5.74, 6) is 0.312. The number of ether oxygens (including phenoxy) is 2. The summed E-state index contributed by atoms with van der Waals surface area (Å²) < 4.78 is 10.4. The molecule has 0 saturated heterocycles. The van der Waals surface area contributed by atoms with E-state index < -0.39 is 11.4 Å². The number of benzene rings is 1. The fraction of sp³-hybridized carbons (Fsp3) is 0.467. The third kappa shape index (κ3) is 3.23. The van der Waals surface area contributed by atoms with Gasteiger partial charge in [0.05, 0.1) is 19.8 Å². The Bertz CT molecular complexity index is 498. The Morgan fingerprint density at radius 2 is 2.15 bits per heavy atom. The summed E-state index contributed by atoms with van der Waals surface area (Å²) in [6.07, 6.45) is 0.832. The zero-order valence-corrected chi connectivity index (χ0v) is 12.4. The molecule has 0 aliphatic carbocycles. The maximum Gasteiger partial charge on any atom is 0.331 e. The number of carbonyl (C=O) groups is 1. The van der Waals surface area contributed by atoms with Crippen LogP contribution in [0.25, 0.3) is 0 Å². The molecule has 0 bridgehead atoms. The van der Waals surface area contributed by atoms with Crippen molar-refractivity contribution in [2.75, 3.05) is 19.6 Å². The summed E-state index contributed by atoms with van der Waals surface area (Å²) in [6.45, 7) is 1.93. The van der Waals surface area contributed by atoms with Crippen molar-refractivity contribution in [3.05, 3.63) is 29.8 Å². The van der Waals surface area contributed by atoms with Gasteiger partial charge in [0, 0.05) is 11.4 Å². The smallest absolute Gasteiger partial charge is 0.331 e. The Morgan fingerprint density at radius 1 is 1.45 bits per heavy atom. The van der Waals surface area contributed by atoms with Crippen LogP contribution in [-0.2, 0) is 14.9 Å². The molecule has 0 fully saturated rings. The van der Waals surface area contributed by atoms with Gasteiger partial charge in [-0.15, -0.1) is 11.6 Å². The zero-order chi connectivity index (χ0) is 15.0. The molecule has 1 aromatic rings. The first-order valence-electron chi connectivity index (χ1n) is 6.44. The highest BCUT2D eigenvalue weighted by Crippen LogP contribution is 2.36. The van der Waals surface area contributed by atoms with Crippen LogP contribution >= 0.6 is 11.6 Å². The van der Waals surface area contributed by atoms with Gasteiger partial charge >= 0.3 is 5.97 Å². The average molecular weight is 296 g/mol. The molecule has 0 amide bonds. The molecule has 1 rings (SSSR count). The molecule has 108 valence electrons. The molecule has 0 aromatic heterocycles. The summed E-state index contributed by atoms with van der Waals surface area (Å²) >= 11 is 5.71. The second kappa shape index (κ2) is 7.76. The predicted octanol–water partition coefficient (Wildman–Crippen LogP) is 3.04. The van der Waals surface area contributed by atoms with E-state index in [1.165, 1.54) is 7.11 Å². The minimum atomic E-state index is -1.38. The first-order valence-corrected chi connectivity index (χ1v) is 6.97. The first-order chi connectivity index (χ1) is 9.66. The van der Waals surface area contributed by atoms with E-state index in [2.05, 4.69) is 6.07 Å². The average Bonchev–Trinajstić information content (AvgIpc) is 2.49. The number of halogens is 1. The third-order valence-corrected chi connectivity index (χ3v) is 3.33. The van der Waals surface area contributed by atoms with E-state index in [-0.39, 0.29) is 6.61 Å². The minimum absolute atomic E-state index is 0.221. The number of para-hydroxylation sites is 1. The standard InChI is InChI=1S/C15H18ClNO3/c1-3-20-14(18)15(11-17,9-6-10-16)12-7-4-5-8-13(12)19-2/h4-5,7-8H,3,6,9-10H2,1-2H3. The van der Waals surface area contributed by atoms with Crippen LogP contribution in [0.2, 0.25) is 0 Å². The van der Waals surface area contributed by atoms with Gasteiger partial charge in [0.25, 0.3) is 0 Å². The summed E-state index contributed by atoms with van der Waals surface area (Å²) in [7, 11) is 1.51. The predicted molar refractivity (Wildman–Crippen MR) is 76.9 cm³/mol. The SMILES string of the molecule is CCOC(=O)C(C#N)(CCCCl)c1ccccc1OC. The van der Waals surface area contributed by atoms with Gasteiger partial charge in [0.15, 0.2) is 5.41 Å². The molecular formula is C15H18ClNO3. The molecule has 1 unspecified atom stereocenters. The summed E-state index contributed by atoms with van der Waals surface area (Å²) in [6, 6.07) is 9.11. The maximum absolute atomic E-state index is 12.3. The number of hydrogen-bond donors (Lipinski definition) is 0. The highest BCUT2D eigenvalue weighted by atomic mass is 35.5. The zero-order valence-electron chi connectivity index (χ0n) is 11.7. The van der Waals surface area contributed by atoms with Gasteiger partial charge in [-0.25, -0.2) is 4.79 Å². The number of alkyl halides is 1. The lowest BCUT2D eigenvalue weighted by atomic mass is 9.77. The second-order valence-electron chi connectivity index (χ2n) is 4.23. The molecule has 4 nitrogen and oxygen atoms in total. The number of nitrogens with zero attached hydrogens (tertiary/aromatic N) is 1. The van der Waals surface area contributed by atoms with E-state index in [1.54, 1.807) is 31.2 Å². The Balaban J connectivity index is 3.35. The Kier molecular flexibility index (Phi) is 6.33. The summed E-state index contributed by atoms with van der Waals surface area (Å²) in [5, 5.41) is 9.62. The van der Waals surface area contributed by atoms with Crippen LogP contribution in [0.15, 0.2) is 24.3 Å². The molecular weight excluding hydrogens is 278 g/mol. The van der Waals surface area contributed by atoms with Gasteiger partial charge in [-0.2, -0.15) is 5.26 Å². The number of hydrogen-bond acceptors (Lipinski definition) is 4. The molecule has 0 N–H and O–H groups in total. The normalized spacial score (nSPS) is 13.1. The summed E-state index contributed by atoms with van der Waals surface area (Å²) in [4.78, 5) is 12.3. The van der Waals surface area contributed by atoms with Crippen molar-refractivity contribution in [3.63, 3.8) is 0 Å². The van der Waals surface area contributed by atoms with Crippen LogP contribution in [0.3, 0.4) is 0 Å². The van der Waals surface area contributed by atoms with Crippen LogP contribution < -0.4 is 4.74 Å². The fourth-order valence-electron chi connectivity index (χ4n) is 2.09. The molecule has 0 spiro atoms. The van der Waals surface area contributed by atoms with Crippen LogP contribution in [0, 0.1) is 11.3 Å². The van der Waals surface area contributed by atoms with Crippen LogP contribution in [0.1, 0.15) is 25.3 Å². The van der Waals surface area contributed by atoms with E-state index in [4.69, 9.17) is 21.1 Å². The molecule has 0 saturated carbocycles. The molecule has 1 atom stereocenters. The molecule has 5 heteroatoms. The Hall–Kier alpha value is -1.73. The van der Waals surface area contributed by atoms with E-state index in [9.17, 15) is 10.1 Å². The highest BCUT2D eigenvalue weighted by molar-refractivity contribution is 6.17. The Labute approximate surface area is 124 Å². The molecule has 20 heavy (non-hydrogen) atoms. The third-order valence-electron chi connectivity index (χ3n) is 3.07. The van der Waals surface area contributed by atoms with Crippen molar-refractivity contribution in [2.45, 2.75) is 25.2 Å². The van der Waals surface area contributed by atoms with Crippen LogP contribution in [0.4, 0.5) is 0 Å². The van der Waals surface area contributed by atoms with E-state index in [0.29, 0.717) is 30.0 Å². The number of rotatable bonds is 7. The van der Waals surface area contributed by atoms with Crippen molar-refractivity contribution >= 4 is 17.6 Å². The fourth-order valence-corrected chi connectivity index (χ4v) is 2.23. The van der Waals surface area contributed by atoms with Gasteiger partial charge in [0.2, 0.25) is 0 Å². The van der Waals surface area contributed by atoms with Gasteiger partial charge in [-0.05, 0) is 25.8 Å². The Morgan fingerprint density at radius 3 is 2.70 bits per heavy atom. The highest BCUT2D eigenvalue weighted by Gasteiger charge is 2.43. The van der Waals surface area contributed by atoms with Gasteiger partial charge in [-0.3, -0.25) is 0 Å². The monoisotopic (exact) mass is 295 g/mol. The summed E-state index contributed by atoms with van der Waals surface area (Å²) in [5.41, 5.74) is -0.856. The topological polar surface area (TPSA) is 59.3 Å². The second-order valence-corrected chi connectivity index (χ2v) is 4.61. The van der Waals surface area contributed by atoms with Crippen molar-refractivity contribution in [3.8, 4) is 11.8 Å². The van der Waals surface area contributed by atoms with Crippen LogP contribution in [-0.4, -0.2) is 25.6 Å². The molecule has 0 aliphatic heterocycles. The number of esters is 1. The van der Waals surface area contributed by atoms with Crippen molar-refractivity contribution in [2.24, 2.45) is 0 Å². The van der Waals surface area contributed by atoms with Crippen LogP contribution in [0.5, 0.6) is 5.75 Å². The largest absolute Gasteiger partial charge is 0.496 e. The van der Waals surface area contributed by atoms with Crippen molar-refractivity contribution in [1.29, 1.82) is 5.26 Å². The maximum atomic E-state index is 12.3.